The predicted molar refractivity (Wildman–Crippen MR) is 77.8 cm³/mol. The molecule has 0 saturated carbocycles. The SMILES string of the molecule is Cc1ccc(S(=O)[C@@H](C)C(=O)c2ccccc2)cc1. The number of benzene rings is 2. The van der Waals surface area contributed by atoms with E-state index in [0.29, 0.717) is 10.5 Å². The lowest BCUT2D eigenvalue weighted by molar-refractivity contribution is 0.0992. The van der Waals surface area contributed by atoms with Crippen LogP contribution in [0.3, 0.4) is 0 Å². The van der Waals surface area contributed by atoms with Crippen LogP contribution in [0.4, 0.5) is 0 Å². The molecule has 1 unspecified atom stereocenters. The molecule has 3 heteroatoms. The Morgan fingerprint density at radius 3 is 2.16 bits per heavy atom. The predicted octanol–water partition coefficient (Wildman–Crippen LogP) is 3.37. The normalized spacial score (nSPS) is 13.8. The zero-order valence-corrected chi connectivity index (χ0v) is 11.8. The van der Waals surface area contributed by atoms with Gasteiger partial charge in [0.25, 0.3) is 0 Å². The van der Waals surface area contributed by atoms with Crippen LogP contribution < -0.4 is 0 Å². The largest absolute Gasteiger partial charge is 0.293 e. The molecular formula is C16H16O2S. The summed E-state index contributed by atoms with van der Waals surface area (Å²) in [6, 6.07) is 16.5. The summed E-state index contributed by atoms with van der Waals surface area (Å²) in [4.78, 5) is 12.9. The first-order valence-corrected chi connectivity index (χ1v) is 7.37. The van der Waals surface area contributed by atoms with Gasteiger partial charge in [-0.2, -0.15) is 0 Å². The fraction of sp³-hybridized carbons (Fsp3) is 0.188. The summed E-state index contributed by atoms with van der Waals surface area (Å²) in [6.07, 6.45) is 0. The third-order valence-electron chi connectivity index (χ3n) is 3.00. The molecule has 0 saturated heterocycles. The molecule has 2 rings (SSSR count). The fourth-order valence-corrected chi connectivity index (χ4v) is 2.95. The zero-order chi connectivity index (χ0) is 13.8. The van der Waals surface area contributed by atoms with E-state index in [9.17, 15) is 9.00 Å². The summed E-state index contributed by atoms with van der Waals surface area (Å²) >= 11 is 0. The van der Waals surface area contributed by atoms with Crippen LogP contribution in [0.25, 0.3) is 0 Å². The quantitative estimate of drug-likeness (QED) is 0.800. The second-order valence-corrected chi connectivity index (χ2v) is 6.26. The van der Waals surface area contributed by atoms with Gasteiger partial charge in [0.15, 0.2) is 5.78 Å². The molecule has 0 aliphatic carbocycles. The highest BCUT2D eigenvalue weighted by Crippen LogP contribution is 2.16. The van der Waals surface area contributed by atoms with Crippen molar-refractivity contribution in [1.29, 1.82) is 0 Å². The number of carbonyl (C=O) groups is 1. The van der Waals surface area contributed by atoms with Gasteiger partial charge in [-0.15, -0.1) is 0 Å². The summed E-state index contributed by atoms with van der Waals surface area (Å²) in [5, 5.41) is -0.537. The maximum atomic E-state index is 12.4. The molecule has 0 N–H and O–H groups in total. The first-order chi connectivity index (χ1) is 9.09. The number of rotatable bonds is 4. The lowest BCUT2D eigenvalue weighted by atomic mass is 10.1. The highest BCUT2D eigenvalue weighted by atomic mass is 32.2. The highest BCUT2D eigenvalue weighted by molar-refractivity contribution is 7.86. The van der Waals surface area contributed by atoms with E-state index in [1.807, 2.05) is 49.4 Å². The van der Waals surface area contributed by atoms with Gasteiger partial charge >= 0.3 is 0 Å². The van der Waals surface area contributed by atoms with E-state index in [2.05, 4.69) is 0 Å². The van der Waals surface area contributed by atoms with Crippen LogP contribution in [0.15, 0.2) is 59.5 Å². The third-order valence-corrected chi connectivity index (χ3v) is 4.60. The van der Waals surface area contributed by atoms with E-state index in [0.717, 1.165) is 5.56 Å². The minimum atomic E-state index is -1.32. The molecule has 0 heterocycles. The summed E-state index contributed by atoms with van der Waals surface area (Å²) in [5.74, 6) is -0.0838. The maximum Gasteiger partial charge on any atom is 0.178 e. The van der Waals surface area contributed by atoms with E-state index in [-0.39, 0.29) is 5.78 Å². The van der Waals surface area contributed by atoms with Crippen LogP contribution in [0.5, 0.6) is 0 Å². The molecule has 0 spiro atoms. The van der Waals surface area contributed by atoms with Crippen molar-refractivity contribution in [3.8, 4) is 0 Å². The van der Waals surface area contributed by atoms with Crippen molar-refractivity contribution in [1.82, 2.24) is 0 Å². The Balaban J connectivity index is 2.20. The lowest BCUT2D eigenvalue weighted by Gasteiger charge is -2.10. The molecule has 2 atom stereocenters. The molecular weight excluding hydrogens is 256 g/mol. The van der Waals surface area contributed by atoms with Gasteiger partial charge in [-0.3, -0.25) is 9.00 Å². The Morgan fingerprint density at radius 2 is 1.58 bits per heavy atom. The Labute approximate surface area is 115 Å². The minimum Gasteiger partial charge on any atom is -0.293 e. The van der Waals surface area contributed by atoms with Gasteiger partial charge in [-0.05, 0) is 26.0 Å². The standard InChI is InChI=1S/C16H16O2S/c1-12-8-10-15(11-9-12)19(18)13(2)16(17)14-6-4-3-5-7-14/h3-11,13H,1-2H3/t13-,19?/m0/s1. The molecule has 0 aromatic heterocycles. The molecule has 0 aliphatic heterocycles. The van der Waals surface area contributed by atoms with Crippen molar-refractivity contribution in [3.63, 3.8) is 0 Å². The summed E-state index contributed by atoms with van der Waals surface area (Å²) in [7, 11) is -1.32. The summed E-state index contributed by atoms with van der Waals surface area (Å²) < 4.78 is 12.4. The van der Waals surface area contributed by atoms with Crippen molar-refractivity contribution < 1.29 is 9.00 Å². The first-order valence-electron chi connectivity index (χ1n) is 6.16. The van der Waals surface area contributed by atoms with Crippen molar-refractivity contribution >= 4 is 16.6 Å². The van der Waals surface area contributed by atoms with Crippen molar-refractivity contribution in [2.24, 2.45) is 0 Å². The van der Waals surface area contributed by atoms with Gasteiger partial charge in [0.2, 0.25) is 0 Å². The molecule has 98 valence electrons. The van der Waals surface area contributed by atoms with Gasteiger partial charge in [-0.1, -0.05) is 48.0 Å². The summed E-state index contributed by atoms with van der Waals surface area (Å²) in [5.41, 5.74) is 1.72. The number of hydrogen-bond acceptors (Lipinski definition) is 2. The molecule has 2 nitrogen and oxygen atoms in total. The second-order valence-electron chi connectivity index (χ2n) is 4.48. The minimum absolute atomic E-state index is 0.0838. The average Bonchev–Trinajstić information content (AvgIpc) is 2.46. The molecule has 0 radical (unpaired) electrons. The van der Waals surface area contributed by atoms with Crippen molar-refractivity contribution in [3.05, 3.63) is 65.7 Å². The van der Waals surface area contributed by atoms with Crippen LogP contribution in [-0.2, 0) is 10.8 Å². The van der Waals surface area contributed by atoms with E-state index in [4.69, 9.17) is 0 Å². The highest BCUT2D eigenvalue weighted by Gasteiger charge is 2.22. The lowest BCUT2D eigenvalue weighted by Crippen LogP contribution is -2.22. The topological polar surface area (TPSA) is 34.1 Å². The average molecular weight is 272 g/mol. The van der Waals surface area contributed by atoms with E-state index < -0.39 is 16.0 Å². The Hall–Kier alpha value is -1.74. The molecule has 0 amide bonds. The van der Waals surface area contributed by atoms with E-state index in [1.54, 1.807) is 19.1 Å². The monoisotopic (exact) mass is 272 g/mol. The number of aryl methyl sites for hydroxylation is 1. The second kappa shape index (κ2) is 5.93. The molecule has 0 bridgehead atoms. The molecule has 2 aromatic rings. The van der Waals surface area contributed by atoms with Crippen LogP contribution in [-0.4, -0.2) is 15.2 Å². The Morgan fingerprint density at radius 1 is 1.00 bits per heavy atom. The fourth-order valence-electron chi connectivity index (χ4n) is 1.81. The van der Waals surface area contributed by atoms with Gasteiger partial charge < -0.3 is 0 Å². The first kappa shape index (κ1) is 13.7. The van der Waals surface area contributed by atoms with Crippen LogP contribution in [0.2, 0.25) is 0 Å². The van der Waals surface area contributed by atoms with Crippen molar-refractivity contribution in [2.45, 2.75) is 24.0 Å². The number of carbonyl (C=O) groups excluding carboxylic acids is 1. The van der Waals surface area contributed by atoms with Gasteiger partial charge in [0.1, 0.15) is 0 Å². The zero-order valence-electron chi connectivity index (χ0n) is 11.0. The number of Topliss-reactive ketones (excluding diaryl/α,β-unsaturated/α-hetero) is 1. The van der Waals surface area contributed by atoms with Gasteiger partial charge in [0.05, 0.1) is 16.0 Å². The van der Waals surface area contributed by atoms with Crippen LogP contribution in [0.1, 0.15) is 22.8 Å². The smallest absolute Gasteiger partial charge is 0.178 e. The van der Waals surface area contributed by atoms with Crippen LogP contribution >= 0.6 is 0 Å². The number of ketones is 1. The maximum absolute atomic E-state index is 12.4. The molecule has 0 fully saturated rings. The Bertz CT molecular complexity index is 588. The van der Waals surface area contributed by atoms with E-state index in [1.165, 1.54) is 0 Å². The Kier molecular flexibility index (Phi) is 4.27. The van der Waals surface area contributed by atoms with Gasteiger partial charge in [0, 0.05) is 10.5 Å². The molecule has 0 aliphatic rings. The molecule has 19 heavy (non-hydrogen) atoms. The summed E-state index contributed by atoms with van der Waals surface area (Å²) in [6.45, 7) is 3.69. The third kappa shape index (κ3) is 3.18. The number of hydrogen-bond donors (Lipinski definition) is 0. The molecule has 2 aromatic carbocycles. The van der Waals surface area contributed by atoms with Crippen molar-refractivity contribution in [2.75, 3.05) is 0 Å². The van der Waals surface area contributed by atoms with Crippen LogP contribution in [0, 0.1) is 6.92 Å². The van der Waals surface area contributed by atoms with E-state index >= 15 is 0 Å². The van der Waals surface area contributed by atoms with Gasteiger partial charge in [-0.25, -0.2) is 0 Å².